The monoisotopic (exact) mass is 208 g/mol. The number of rotatable bonds is 2. The minimum atomic E-state index is -0.454. The van der Waals surface area contributed by atoms with E-state index in [4.69, 9.17) is 4.74 Å². The predicted octanol–water partition coefficient (Wildman–Crippen LogP) is 1.11. The Morgan fingerprint density at radius 1 is 1.53 bits per heavy atom. The number of fused-ring (bicyclic) bond motifs is 1. The van der Waals surface area contributed by atoms with Crippen LogP contribution in [0.2, 0.25) is 0 Å². The summed E-state index contributed by atoms with van der Waals surface area (Å²) < 4.78 is 4.85. The third-order valence-electron chi connectivity index (χ3n) is 2.45. The summed E-state index contributed by atoms with van der Waals surface area (Å²) in [5.74, 6) is -0.427. The number of carbonyl (C=O) groups is 2. The average Bonchev–Trinajstić information content (AvgIpc) is 2.63. The molecule has 80 valence electrons. The number of hydrogen-bond acceptors (Lipinski definition) is 4. The van der Waals surface area contributed by atoms with Gasteiger partial charge in [-0.3, -0.25) is 9.89 Å². The number of H-pyrrole nitrogens is 1. The van der Waals surface area contributed by atoms with Gasteiger partial charge in [0.15, 0.2) is 11.5 Å². The minimum absolute atomic E-state index is 0.0271. The van der Waals surface area contributed by atoms with Crippen molar-refractivity contribution in [2.45, 2.75) is 26.2 Å². The van der Waals surface area contributed by atoms with Crippen LogP contribution in [0.25, 0.3) is 0 Å². The number of ether oxygens (including phenoxy) is 1. The number of aromatic amines is 1. The maximum absolute atomic E-state index is 11.5. The Balaban J connectivity index is 2.34. The molecule has 0 aliphatic heterocycles. The molecule has 15 heavy (non-hydrogen) atoms. The molecule has 0 radical (unpaired) electrons. The molecular formula is C10H12N2O3. The fourth-order valence-corrected chi connectivity index (χ4v) is 1.76. The van der Waals surface area contributed by atoms with Gasteiger partial charge >= 0.3 is 5.97 Å². The normalized spacial score (nSPS) is 14.9. The van der Waals surface area contributed by atoms with Crippen molar-refractivity contribution in [3.63, 3.8) is 0 Å². The van der Waals surface area contributed by atoms with E-state index in [-0.39, 0.29) is 11.5 Å². The van der Waals surface area contributed by atoms with Crippen LogP contribution >= 0.6 is 0 Å². The van der Waals surface area contributed by atoms with Gasteiger partial charge in [0.1, 0.15) is 5.69 Å². The molecule has 2 rings (SSSR count). The van der Waals surface area contributed by atoms with E-state index in [9.17, 15) is 9.59 Å². The molecule has 0 saturated carbocycles. The second kappa shape index (κ2) is 3.84. The molecule has 0 aromatic carbocycles. The minimum Gasteiger partial charge on any atom is -0.461 e. The number of aromatic nitrogens is 2. The molecule has 0 spiro atoms. The molecule has 1 aromatic heterocycles. The van der Waals surface area contributed by atoms with Crippen molar-refractivity contribution in [3.05, 3.63) is 17.0 Å². The third-order valence-corrected chi connectivity index (χ3v) is 2.45. The van der Waals surface area contributed by atoms with Crippen LogP contribution in [0, 0.1) is 0 Å². The molecule has 0 bridgehead atoms. The lowest BCUT2D eigenvalue weighted by Gasteiger charge is -2.09. The van der Waals surface area contributed by atoms with Crippen molar-refractivity contribution in [3.8, 4) is 0 Å². The number of ketones is 1. The number of nitrogens with one attached hydrogen (secondary N) is 1. The van der Waals surface area contributed by atoms with Crippen LogP contribution in [0.5, 0.6) is 0 Å². The van der Waals surface area contributed by atoms with Gasteiger partial charge in [-0.25, -0.2) is 4.79 Å². The number of carbonyl (C=O) groups excluding carboxylic acids is 2. The standard InChI is InChI=1S/C10H12N2O3/c1-2-15-10(14)9-6-4-3-5-7(13)8(6)11-12-9/h2-5H2,1H3,(H,11,12). The highest BCUT2D eigenvalue weighted by atomic mass is 16.5. The SMILES string of the molecule is CCOC(=O)c1n[nH]c2c1CCCC2=O. The van der Waals surface area contributed by atoms with E-state index in [2.05, 4.69) is 10.2 Å². The highest BCUT2D eigenvalue weighted by molar-refractivity contribution is 6.00. The van der Waals surface area contributed by atoms with Gasteiger partial charge in [0.2, 0.25) is 0 Å². The molecule has 1 heterocycles. The maximum atomic E-state index is 11.5. The second-order valence-corrected chi connectivity index (χ2v) is 3.42. The van der Waals surface area contributed by atoms with Crippen LogP contribution < -0.4 is 0 Å². The lowest BCUT2D eigenvalue weighted by atomic mass is 9.95. The van der Waals surface area contributed by atoms with E-state index in [1.54, 1.807) is 6.92 Å². The Kier molecular flexibility index (Phi) is 2.53. The third kappa shape index (κ3) is 1.65. The van der Waals surface area contributed by atoms with Gasteiger partial charge < -0.3 is 4.74 Å². The van der Waals surface area contributed by atoms with Gasteiger partial charge in [-0.15, -0.1) is 0 Å². The van der Waals surface area contributed by atoms with Crippen LogP contribution in [0.1, 0.15) is 46.3 Å². The molecule has 5 heteroatoms. The average molecular weight is 208 g/mol. The van der Waals surface area contributed by atoms with Gasteiger partial charge in [-0.05, 0) is 19.8 Å². The van der Waals surface area contributed by atoms with E-state index < -0.39 is 5.97 Å². The highest BCUT2D eigenvalue weighted by Gasteiger charge is 2.26. The summed E-state index contributed by atoms with van der Waals surface area (Å²) in [6.07, 6.45) is 2.01. The summed E-state index contributed by atoms with van der Waals surface area (Å²) in [7, 11) is 0. The number of Topliss-reactive ketones (excluding diaryl/α,β-unsaturated/α-hetero) is 1. The summed E-state index contributed by atoms with van der Waals surface area (Å²) in [6, 6.07) is 0. The van der Waals surface area contributed by atoms with Crippen molar-refractivity contribution in [2.75, 3.05) is 6.61 Å². The lowest BCUT2D eigenvalue weighted by molar-refractivity contribution is 0.0518. The summed E-state index contributed by atoms with van der Waals surface area (Å²) in [4.78, 5) is 22.9. The summed E-state index contributed by atoms with van der Waals surface area (Å²) in [5, 5.41) is 6.46. The zero-order chi connectivity index (χ0) is 10.8. The molecule has 1 aliphatic carbocycles. The highest BCUT2D eigenvalue weighted by Crippen LogP contribution is 2.22. The predicted molar refractivity (Wildman–Crippen MR) is 51.8 cm³/mol. The first-order valence-corrected chi connectivity index (χ1v) is 5.01. The largest absolute Gasteiger partial charge is 0.461 e. The fraction of sp³-hybridized carbons (Fsp3) is 0.500. The summed E-state index contributed by atoms with van der Waals surface area (Å²) in [5.41, 5.74) is 1.45. The maximum Gasteiger partial charge on any atom is 0.359 e. The molecule has 0 unspecified atom stereocenters. The van der Waals surface area contributed by atoms with Gasteiger partial charge in [0.25, 0.3) is 0 Å². The smallest absolute Gasteiger partial charge is 0.359 e. The zero-order valence-electron chi connectivity index (χ0n) is 8.50. The Hall–Kier alpha value is -1.65. The molecule has 5 nitrogen and oxygen atoms in total. The zero-order valence-corrected chi connectivity index (χ0v) is 8.50. The molecule has 0 amide bonds. The molecule has 1 N–H and O–H groups in total. The molecule has 1 aromatic rings. The van der Waals surface area contributed by atoms with E-state index in [1.807, 2.05) is 0 Å². The van der Waals surface area contributed by atoms with Gasteiger partial charge in [0.05, 0.1) is 6.61 Å². The van der Waals surface area contributed by atoms with Crippen LogP contribution in [-0.4, -0.2) is 28.6 Å². The lowest BCUT2D eigenvalue weighted by Crippen LogP contribution is -2.13. The molecular weight excluding hydrogens is 196 g/mol. The van der Waals surface area contributed by atoms with Crippen molar-refractivity contribution in [1.29, 1.82) is 0 Å². The molecule has 0 fully saturated rings. The van der Waals surface area contributed by atoms with Crippen LogP contribution in [0.4, 0.5) is 0 Å². The van der Waals surface area contributed by atoms with Gasteiger partial charge in [-0.1, -0.05) is 0 Å². The number of esters is 1. The summed E-state index contributed by atoms with van der Waals surface area (Å²) in [6.45, 7) is 2.05. The second-order valence-electron chi connectivity index (χ2n) is 3.42. The van der Waals surface area contributed by atoms with Gasteiger partial charge in [0, 0.05) is 12.0 Å². The fourth-order valence-electron chi connectivity index (χ4n) is 1.76. The van der Waals surface area contributed by atoms with E-state index in [0.29, 0.717) is 30.7 Å². The van der Waals surface area contributed by atoms with E-state index in [1.165, 1.54) is 0 Å². The van der Waals surface area contributed by atoms with Crippen LogP contribution in [-0.2, 0) is 11.2 Å². The molecule has 0 atom stereocenters. The number of hydrogen-bond donors (Lipinski definition) is 1. The first-order chi connectivity index (χ1) is 7.24. The number of nitrogens with zero attached hydrogens (tertiary/aromatic N) is 1. The topological polar surface area (TPSA) is 72.0 Å². The quantitative estimate of drug-likeness (QED) is 0.739. The summed E-state index contributed by atoms with van der Waals surface area (Å²) >= 11 is 0. The molecule has 0 saturated heterocycles. The first kappa shape index (κ1) is 9.89. The van der Waals surface area contributed by atoms with Gasteiger partial charge in [-0.2, -0.15) is 5.10 Å². The van der Waals surface area contributed by atoms with Crippen molar-refractivity contribution in [1.82, 2.24) is 10.2 Å². The van der Waals surface area contributed by atoms with Crippen LogP contribution in [0.15, 0.2) is 0 Å². The Morgan fingerprint density at radius 3 is 3.07 bits per heavy atom. The Labute approximate surface area is 86.8 Å². The Morgan fingerprint density at radius 2 is 2.33 bits per heavy atom. The molecule has 1 aliphatic rings. The van der Waals surface area contributed by atoms with E-state index in [0.717, 1.165) is 6.42 Å². The van der Waals surface area contributed by atoms with Crippen molar-refractivity contribution in [2.24, 2.45) is 0 Å². The first-order valence-electron chi connectivity index (χ1n) is 5.01. The Bertz CT molecular complexity index is 409. The van der Waals surface area contributed by atoms with Crippen LogP contribution in [0.3, 0.4) is 0 Å². The van der Waals surface area contributed by atoms with E-state index >= 15 is 0 Å². The van der Waals surface area contributed by atoms with Crippen molar-refractivity contribution < 1.29 is 14.3 Å². The van der Waals surface area contributed by atoms with Crippen molar-refractivity contribution >= 4 is 11.8 Å².